The van der Waals surface area contributed by atoms with Crippen LogP contribution in [0.5, 0.6) is 11.5 Å². The second kappa shape index (κ2) is 5.74. The summed E-state index contributed by atoms with van der Waals surface area (Å²) in [6, 6.07) is 17.8. The van der Waals surface area contributed by atoms with E-state index in [4.69, 9.17) is 20.6 Å². The topological polar surface area (TPSA) is 68.3 Å². The predicted molar refractivity (Wildman–Crippen MR) is 96.5 cm³/mol. The maximum Gasteiger partial charge on any atom is 0.231 e. The molecule has 3 N–H and O–H groups in total. The number of amidine groups is 1. The van der Waals surface area contributed by atoms with Crippen LogP contribution in [0.2, 0.25) is 0 Å². The number of nitrogens with two attached hydrogens (primary N) is 1. The summed E-state index contributed by atoms with van der Waals surface area (Å²) >= 11 is 0. The van der Waals surface area contributed by atoms with Gasteiger partial charge in [-0.1, -0.05) is 48.6 Å². The summed E-state index contributed by atoms with van der Waals surface area (Å²) in [5.41, 5.74) is 8.46. The summed E-state index contributed by atoms with van der Waals surface area (Å²) in [6.07, 6.45) is 4.10. The van der Waals surface area contributed by atoms with Gasteiger partial charge in [0.2, 0.25) is 6.79 Å². The highest BCUT2D eigenvalue weighted by molar-refractivity contribution is 6.01. The molecule has 0 saturated heterocycles. The van der Waals surface area contributed by atoms with Crippen LogP contribution >= 0.6 is 0 Å². The number of ether oxygens (including phenoxy) is 2. The number of benzene rings is 3. The molecule has 118 valence electrons. The number of rotatable bonds is 3. The fourth-order valence-electron chi connectivity index (χ4n) is 2.81. The summed E-state index contributed by atoms with van der Waals surface area (Å²) in [5.74, 6) is 1.63. The third kappa shape index (κ3) is 2.58. The van der Waals surface area contributed by atoms with Gasteiger partial charge in [0.25, 0.3) is 0 Å². The maximum absolute atomic E-state index is 7.62. The highest BCUT2D eigenvalue weighted by Gasteiger charge is 2.12. The minimum absolute atomic E-state index is 0.0754. The molecule has 1 aliphatic heterocycles. The molecule has 3 aromatic rings. The van der Waals surface area contributed by atoms with Crippen molar-refractivity contribution >= 4 is 28.8 Å². The SMILES string of the molecule is N=C(N)c1ccc2cccc(/C=C/c3ccc4c(c3)OCO4)c2c1. The first-order valence-corrected chi connectivity index (χ1v) is 7.66. The molecule has 0 amide bonds. The zero-order valence-corrected chi connectivity index (χ0v) is 13.0. The number of fused-ring (bicyclic) bond motifs is 2. The lowest BCUT2D eigenvalue weighted by Crippen LogP contribution is -2.10. The van der Waals surface area contributed by atoms with Crippen molar-refractivity contribution in [3.05, 3.63) is 71.3 Å². The van der Waals surface area contributed by atoms with Crippen LogP contribution in [0.3, 0.4) is 0 Å². The fourth-order valence-corrected chi connectivity index (χ4v) is 2.81. The minimum Gasteiger partial charge on any atom is -0.454 e. The first-order valence-electron chi connectivity index (χ1n) is 7.66. The standard InChI is InChI=1S/C20H16N2O2/c21-20(22)16-8-7-15-3-1-2-14(17(15)11-16)6-4-13-5-9-18-19(10-13)24-12-23-18/h1-11H,12H2,(H3,21,22)/b6-4+. The molecule has 0 aromatic heterocycles. The molecule has 0 atom stereocenters. The molecule has 1 heterocycles. The van der Waals surface area contributed by atoms with Gasteiger partial charge in [0.05, 0.1) is 0 Å². The Morgan fingerprint density at radius 2 is 1.83 bits per heavy atom. The number of nitrogen functional groups attached to an aromatic ring is 1. The molecule has 4 heteroatoms. The fraction of sp³-hybridized carbons (Fsp3) is 0.0500. The maximum atomic E-state index is 7.62. The minimum atomic E-state index is 0.0754. The molecule has 0 unspecified atom stereocenters. The highest BCUT2D eigenvalue weighted by Crippen LogP contribution is 2.33. The average molecular weight is 316 g/mol. The van der Waals surface area contributed by atoms with Gasteiger partial charge in [-0.15, -0.1) is 0 Å². The Labute approximate surface area is 139 Å². The second-order valence-electron chi connectivity index (χ2n) is 5.64. The third-order valence-corrected chi connectivity index (χ3v) is 4.08. The predicted octanol–water partition coefficient (Wildman–Crippen LogP) is 4.02. The Balaban J connectivity index is 1.73. The van der Waals surface area contributed by atoms with E-state index >= 15 is 0 Å². The van der Waals surface area contributed by atoms with Crippen LogP contribution in [0.15, 0.2) is 54.6 Å². The number of hydrogen-bond donors (Lipinski definition) is 2. The molecule has 0 radical (unpaired) electrons. The van der Waals surface area contributed by atoms with Gasteiger partial charge in [-0.3, -0.25) is 5.41 Å². The zero-order chi connectivity index (χ0) is 16.5. The highest BCUT2D eigenvalue weighted by atomic mass is 16.7. The monoisotopic (exact) mass is 316 g/mol. The summed E-state index contributed by atoms with van der Waals surface area (Å²) in [7, 11) is 0. The van der Waals surface area contributed by atoms with Gasteiger partial charge in [-0.2, -0.15) is 0 Å². The van der Waals surface area contributed by atoms with Crippen molar-refractivity contribution in [3.63, 3.8) is 0 Å². The van der Waals surface area contributed by atoms with Crippen LogP contribution in [0.4, 0.5) is 0 Å². The Morgan fingerprint density at radius 3 is 2.71 bits per heavy atom. The molecule has 0 saturated carbocycles. The number of hydrogen-bond acceptors (Lipinski definition) is 3. The van der Waals surface area contributed by atoms with Crippen LogP contribution in [0.1, 0.15) is 16.7 Å². The van der Waals surface area contributed by atoms with Crippen molar-refractivity contribution < 1.29 is 9.47 Å². The first kappa shape index (κ1) is 14.3. The van der Waals surface area contributed by atoms with Crippen molar-refractivity contribution in [3.8, 4) is 11.5 Å². The third-order valence-electron chi connectivity index (χ3n) is 4.08. The lowest BCUT2D eigenvalue weighted by atomic mass is 10.0. The second-order valence-corrected chi connectivity index (χ2v) is 5.64. The van der Waals surface area contributed by atoms with Gasteiger partial charge in [-0.25, -0.2) is 0 Å². The largest absolute Gasteiger partial charge is 0.454 e. The molecule has 1 aliphatic rings. The Hall–Kier alpha value is -3.27. The van der Waals surface area contributed by atoms with Crippen LogP contribution in [0.25, 0.3) is 22.9 Å². The smallest absolute Gasteiger partial charge is 0.231 e. The van der Waals surface area contributed by atoms with Gasteiger partial charge in [0, 0.05) is 5.56 Å². The van der Waals surface area contributed by atoms with Gasteiger partial charge >= 0.3 is 0 Å². The van der Waals surface area contributed by atoms with E-state index in [0.29, 0.717) is 0 Å². The lowest BCUT2D eigenvalue weighted by molar-refractivity contribution is 0.174. The molecular weight excluding hydrogens is 300 g/mol. The Kier molecular flexibility index (Phi) is 3.43. The molecule has 4 nitrogen and oxygen atoms in total. The molecule has 24 heavy (non-hydrogen) atoms. The average Bonchev–Trinajstić information content (AvgIpc) is 3.07. The molecule has 3 aromatic carbocycles. The van der Waals surface area contributed by atoms with E-state index in [0.717, 1.165) is 39.0 Å². The van der Waals surface area contributed by atoms with Crippen LogP contribution in [-0.4, -0.2) is 12.6 Å². The van der Waals surface area contributed by atoms with Gasteiger partial charge in [-0.05, 0) is 40.1 Å². The van der Waals surface area contributed by atoms with E-state index in [1.165, 1.54) is 0 Å². The van der Waals surface area contributed by atoms with Gasteiger partial charge in [0.1, 0.15) is 5.84 Å². The molecule has 0 spiro atoms. The summed E-state index contributed by atoms with van der Waals surface area (Å²) in [4.78, 5) is 0. The van der Waals surface area contributed by atoms with E-state index in [-0.39, 0.29) is 12.6 Å². The van der Waals surface area contributed by atoms with E-state index in [1.54, 1.807) is 0 Å². The van der Waals surface area contributed by atoms with Crippen molar-refractivity contribution in [2.45, 2.75) is 0 Å². The molecule has 0 aliphatic carbocycles. The Bertz CT molecular complexity index is 977. The van der Waals surface area contributed by atoms with E-state index < -0.39 is 0 Å². The van der Waals surface area contributed by atoms with Crippen molar-refractivity contribution in [2.75, 3.05) is 6.79 Å². The zero-order valence-electron chi connectivity index (χ0n) is 13.0. The first-order chi connectivity index (χ1) is 11.7. The van der Waals surface area contributed by atoms with E-state index in [2.05, 4.69) is 18.2 Å². The summed E-state index contributed by atoms with van der Waals surface area (Å²) in [5, 5.41) is 9.81. The van der Waals surface area contributed by atoms with Crippen molar-refractivity contribution in [2.24, 2.45) is 5.73 Å². The van der Waals surface area contributed by atoms with Gasteiger partial charge < -0.3 is 15.2 Å². The van der Waals surface area contributed by atoms with Crippen molar-refractivity contribution in [1.29, 1.82) is 5.41 Å². The molecule has 0 bridgehead atoms. The molecule has 4 rings (SSSR count). The Morgan fingerprint density at radius 1 is 0.958 bits per heavy atom. The number of nitrogens with one attached hydrogen (secondary N) is 1. The van der Waals surface area contributed by atoms with Gasteiger partial charge in [0.15, 0.2) is 11.5 Å². The normalized spacial score (nSPS) is 12.8. The quantitative estimate of drug-likeness (QED) is 0.435. The van der Waals surface area contributed by atoms with E-state index in [1.807, 2.05) is 48.5 Å². The van der Waals surface area contributed by atoms with Crippen LogP contribution in [-0.2, 0) is 0 Å². The summed E-state index contributed by atoms with van der Waals surface area (Å²) in [6.45, 7) is 0.277. The van der Waals surface area contributed by atoms with Crippen molar-refractivity contribution in [1.82, 2.24) is 0 Å². The molecule has 0 fully saturated rings. The van der Waals surface area contributed by atoms with Crippen LogP contribution in [0, 0.1) is 5.41 Å². The molecular formula is C20H16N2O2. The summed E-state index contributed by atoms with van der Waals surface area (Å²) < 4.78 is 10.7. The lowest BCUT2D eigenvalue weighted by Gasteiger charge is -2.05. The van der Waals surface area contributed by atoms with E-state index in [9.17, 15) is 0 Å². The van der Waals surface area contributed by atoms with Crippen LogP contribution < -0.4 is 15.2 Å².